The molecule has 0 aliphatic rings. The normalized spacial score (nSPS) is 7.20. The van der Waals surface area contributed by atoms with Gasteiger partial charge in [0.25, 0.3) is 5.82 Å². The van der Waals surface area contributed by atoms with Gasteiger partial charge in [-0.25, -0.2) is 9.89 Å². The molecule has 0 atom stereocenters. The summed E-state index contributed by atoms with van der Waals surface area (Å²) in [7, 11) is 0. The van der Waals surface area contributed by atoms with Gasteiger partial charge in [0.1, 0.15) is 0 Å². The van der Waals surface area contributed by atoms with Crippen LogP contribution >= 0.6 is 0 Å². The maximum atomic E-state index is 9.89. The standard InChI is InChI=1S/C2H2N4O2.2K.2H/c7-2(8)1-3-5-6-4-1;;;;/h(H,7,8)(H,3,4,5,6);;;;. The minimum absolute atomic E-state index is 0. The summed E-state index contributed by atoms with van der Waals surface area (Å²) in [5.41, 5.74) is 0. The Balaban J connectivity index is 0. The number of carboxylic acid groups (broad SMARTS) is 1. The molecule has 0 spiro atoms. The van der Waals surface area contributed by atoms with Crippen molar-refractivity contribution in [1.82, 2.24) is 20.6 Å². The van der Waals surface area contributed by atoms with E-state index in [9.17, 15) is 4.79 Å². The van der Waals surface area contributed by atoms with E-state index < -0.39 is 5.97 Å². The van der Waals surface area contributed by atoms with Crippen molar-refractivity contribution in [3.05, 3.63) is 5.82 Å². The van der Waals surface area contributed by atoms with E-state index >= 15 is 0 Å². The van der Waals surface area contributed by atoms with Crippen molar-refractivity contribution < 1.29 is 9.90 Å². The fourth-order valence-corrected chi connectivity index (χ4v) is 0.250. The van der Waals surface area contributed by atoms with E-state index in [2.05, 4.69) is 20.6 Å². The van der Waals surface area contributed by atoms with Crippen molar-refractivity contribution in [3.8, 4) is 0 Å². The van der Waals surface area contributed by atoms with E-state index in [1.807, 2.05) is 0 Å². The second-order valence-corrected chi connectivity index (χ2v) is 1.06. The molecule has 0 fully saturated rings. The van der Waals surface area contributed by atoms with E-state index in [1.165, 1.54) is 0 Å². The average Bonchev–Trinajstić information content (AvgIpc) is 2.12. The molecule has 0 radical (unpaired) electrons. The second kappa shape index (κ2) is 7.46. The summed E-state index contributed by atoms with van der Waals surface area (Å²) in [6, 6.07) is 0. The Morgan fingerprint density at radius 1 is 1.50 bits per heavy atom. The number of aromatic carboxylic acids is 1. The molecule has 46 valence electrons. The third kappa shape index (κ3) is 4.64. The zero-order chi connectivity index (χ0) is 5.98. The van der Waals surface area contributed by atoms with Gasteiger partial charge < -0.3 is 5.11 Å². The second-order valence-electron chi connectivity index (χ2n) is 1.06. The molecule has 0 aromatic carbocycles. The van der Waals surface area contributed by atoms with Gasteiger partial charge in [0, 0.05) is 0 Å². The van der Waals surface area contributed by atoms with Crippen molar-refractivity contribution in [2.75, 3.05) is 0 Å². The summed E-state index contributed by atoms with van der Waals surface area (Å²) in [5, 5.41) is 19.3. The molecule has 1 rings (SSSR count). The number of carbonyl (C=O) groups is 1. The maximum absolute atomic E-state index is 9.89. The van der Waals surface area contributed by atoms with E-state index in [0.29, 0.717) is 0 Å². The number of hydrogen-bond donors (Lipinski definition) is 2. The van der Waals surface area contributed by atoms with Gasteiger partial charge >= 0.3 is 109 Å². The van der Waals surface area contributed by atoms with Gasteiger partial charge in [-0.15, -0.1) is 5.10 Å². The quantitative estimate of drug-likeness (QED) is 0.486. The molecular formula is C2H4K2N4O2. The first-order valence-electron chi connectivity index (χ1n) is 1.77. The van der Waals surface area contributed by atoms with Crippen LogP contribution in [0.5, 0.6) is 0 Å². The predicted molar refractivity (Wildman–Crippen MR) is 35.4 cm³/mol. The third-order valence-corrected chi connectivity index (χ3v) is 0.548. The van der Waals surface area contributed by atoms with Crippen LogP contribution in [0.2, 0.25) is 0 Å². The van der Waals surface area contributed by atoms with E-state index in [0.717, 1.165) is 0 Å². The molecular weight excluding hydrogens is 190 g/mol. The predicted octanol–water partition coefficient (Wildman–Crippen LogP) is -2.40. The zero-order valence-corrected chi connectivity index (χ0v) is 3.70. The van der Waals surface area contributed by atoms with Gasteiger partial charge in [-0.1, -0.05) is 0 Å². The van der Waals surface area contributed by atoms with Crippen LogP contribution in [-0.2, 0) is 0 Å². The monoisotopic (exact) mass is 194 g/mol. The van der Waals surface area contributed by atoms with Crippen LogP contribution in [0.25, 0.3) is 0 Å². The van der Waals surface area contributed by atoms with Crippen LogP contribution in [0.3, 0.4) is 0 Å². The van der Waals surface area contributed by atoms with Crippen molar-refractivity contribution in [2.24, 2.45) is 0 Å². The number of H-pyrrole nitrogens is 1. The van der Waals surface area contributed by atoms with Gasteiger partial charge in [-0.2, -0.15) is 0 Å². The molecule has 2 N–H and O–H groups in total. The SMILES string of the molecule is O=C(O)c1nnn[nH]1.[KH].[KH]. The number of nitrogens with zero attached hydrogens (tertiary/aromatic N) is 3. The first-order valence-corrected chi connectivity index (χ1v) is 1.77. The van der Waals surface area contributed by atoms with Crippen LogP contribution in [0.1, 0.15) is 10.6 Å². The van der Waals surface area contributed by atoms with Gasteiger partial charge in [0.15, 0.2) is 0 Å². The Morgan fingerprint density at radius 2 is 2.10 bits per heavy atom. The van der Waals surface area contributed by atoms with Crippen LogP contribution in [0, 0.1) is 0 Å². The van der Waals surface area contributed by atoms with Crippen LogP contribution in [-0.4, -0.2) is 134 Å². The third-order valence-electron chi connectivity index (χ3n) is 0.548. The first-order chi connectivity index (χ1) is 3.80. The Labute approximate surface area is 141 Å². The molecule has 0 unspecified atom stereocenters. The van der Waals surface area contributed by atoms with Gasteiger partial charge in [0.05, 0.1) is 0 Å². The number of nitrogens with one attached hydrogen (secondary N) is 1. The molecule has 0 bridgehead atoms. The van der Waals surface area contributed by atoms with Crippen LogP contribution in [0.15, 0.2) is 0 Å². The molecule has 10 heavy (non-hydrogen) atoms. The summed E-state index contributed by atoms with van der Waals surface area (Å²) in [5.74, 6) is -1.40. The van der Waals surface area contributed by atoms with Gasteiger partial charge in [-0.05, 0) is 10.4 Å². The number of aromatic amines is 1. The Bertz CT molecular complexity index is 187. The Kier molecular flexibility index (Phi) is 10.7. The summed E-state index contributed by atoms with van der Waals surface area (Å²) in [6.07, 6.45) is 0. The Morgan fingerprint density at radius 3 is 2.30 bits per heavy atom. The van der Waals surface area contributed by atoms with Crippen molar-refractivity contribution in [2.45, 2.75) is 0 Å². The van der Waals surface area contributed by atoms with Gasteiger partial charge in [-0.3, -0.25) is 0 Å². The van der Waals surface area contributed by atoms with E-state index in [-0.39, 0.29) is 109 Å². The topological polar surface area (TPSA) is 91.8 Å². The molecule has 1 aromatic heterocycles. The van der Waals surface area contributed by atoms with Crippen LogP contribution in [0.4, 0.5) is 0 Å². The number of hydrogen-bond acceptors (Lipinski definition) is 4. The van der Waals surface area contributed by atoms with Crippen LogP contribution < -0.4 is 0 Å². The molecule has 8 heteroatoms. The molecule has 0 amide bonds. The molecule has 0 saturated carbocycles. The van der Waals surface area contributed by atoms with Gasteiger partial charge in [0.2, 0.25) is 0 Å². The molecule has 1 heterocycles. The summed E-state index contributed by atoms with van der Waals surface area (Å²) in [6.45, 7) is 0. The molecule has 0 aliphatic heterocycles. The number of aromatic nitrogens is 4. The molecule has 0 aliphatic carbocycles. The summed E-state index contributed by atoms with van der Waals surface area (Å²) >= 11 is 0. The fourth-order valence-electron chi connectivity index (χ4n) is 0.250. The first kappa shape index (κ1) is 14.3. The summed E-state index contributed by atoms with van der Waals surface area (Å²) < 4.78 is 0. The Hall–Kier alpha value is 1.81. The van der Waals surface area contributed by atoms with E-state index in [1.54, 1.807) is 0 Å². The zero-order valence-electron chi connectivity index (χ0n) is 3.70. The molecule has 6 nitrogen and oxygen atoms in total. The molecule has 0 saturated heterocycles. The number of rotatable bonds is 1. The molecule has 1 aromatic rings. The minimum atomic E-state index is -1.16. The van der Waals surface area contributed by atoms with Crippen molar-refractivity contribution in [1.29, 1.82) is 0 Å². The number of tetrazole rings is 1. The average molecular weight is 194 g/mol. The van der Waals surface area contributed by atoms with E-state index in [4.69, 9.17) is 5.11 Å². The fraction of sp³-hybridized carbons (Fsp3) is 0. The van der Waals surface area contributed by atoms with Crippen molar-refractivity contribution >= 4 is 109 Å². The number of carboxylic acids is 1. The van der Waals surface area contributed by atoms with Crippen molar-refractivity contribution in [3.63, 3.8) is 0 Å². The summed E-state index contributed by atoms with van der Waals surface area (Å²) in [4.78, 5) is 9.89.